The van der Waals surface area contributed by atoms with Crippen LogP contribution >= 0.6 is 0 Å². The molecule has 0 bridgehead atoms. The first kappa shape index (κ1) is 26.1. The Kier molecular flexibility index (Phi) is 9.06. The van der Waals surface area contributed by atoms with Crippen LogP contribution in [0.15, 0.2) is 18.2 Å². The third-order valence-electron chi connectivity index (χ3n) is 5.01. The molecule has 1 heterocycles. The molecule has 10 heteroatoms. The van der Waals surface area contributed by atoms with Crippen molar-refractivity contribution in [1.29, 1.82) is 0 Å². The monoisotopic (exact) mass is 458 g/mol. The molecule has 1 saturated heterocycles. The van der Waals surface area contributed by atoms with Crippen LogP contribution in [0.5, 0.6) is 0 Å². The van der Waals surface area contributed by atoms with Gasteiger partial charge in [0.25, 0.3) is 5.91 Å². The van der Waals surface area contributed by atoms with Crippen molar-refractivity contribution >= 4 is 23.2 Å². The van der Waals surface area contributed by atoms with Gasteiger partial charge in [0.05, 0.1) is 17.9 Å². The van der Waals surface area contributed by atoms with E-state index in [1.165, 1.54) is 12.1 Å². The molecule has 32 heavy (non-hydrogen) atoms. The van der Waals surface area contributed by atoms with E-state index in [1.54, 1.807) is 0 Å². The molecule has 1 fully saturated rings. The molecular formula is C22H33F3N4O3. The minimum Gasteiger partial charge on any atom is -0.370 e. The molecule has 1 aliphatic heterocycles. The van der Waals surface area contributed by atoms with E-state index in [0.717, 1.165) is 11.0 Å². The molecule has 7 nitrogen and oxygen atoms in total. The summed E-state index contributed by atoms with van der Waals surface area (Å²) in [6, 6.07) is 2.76. The predicted molar refractivity (Wildman–Crippen MR) is 117 cm³/mol. The number of halogens is 3. The number of nitrogens with two attached hydrogens (primary N) is 1. The maximum absolute atomic E-state index is 13.8. The van der Waals surface area contributed by atoms with E-state index >= 15 is 0 Å². The van der Waals surface area contributed by atoms with Crippen LogP contribution in [0.3, 0.4) is 0 Å². The third-order valence-corrected chi connectivity index (χ3v) is 5.01. The van der Waals surface area contributed by atoms with Gasteiger partial charge in [0.1, 0.15) is 12.6 Å². The first-order chi connectivity index (χ1) is 14.9. The average Bonchev–Trinajstić information content (AvgIpc) is 2.67. The first-order valence-electron chi connectivity index (χ1n) is 10.8. The number of ether oxygens (including phenoxy) is 1. The molecule has 1 atom stereocenters. The number of amides is 2. The normalized spacial score (nSPS) is 16.2. The van der Waals surface area contributed by atoms with Gasteiger partial charge in [-0.25, -0.2) is 0 Å². The van der Waals surface area contributed by atoms with E-state index in [4.69, 9.17) is 10.5 Å². The number of hydrogen-bond acceptors (Lipinski definition) is 5. The van der Waals surface area contributed by atoms with Crippen LogP contribution in [0, 0.1) is 11.8 Å². The molecule has 1 aromatic rings. The fourth-order valence-electron chi connectivity index (χ4n) is 3.76. The van der Waals surface area contributed by atoms with E-state index in [0.29, 0.717) is 13.1 Å². The Labute approximate surface area is 187 Å². The van der Waals surface area contributed by atoms with Crippen molar-refractivity contribution in [2.24, 2.45) is 17.6 Å². The molecule has 3 N–H and O–H groups in total. The number of carbonyl (C=O) groups excluding carboxylic acids is 2. The Bertz CT molecular complexity index is 789. The van der Waals surface area contributed by atoms with Gasteiger partial charge in [0.2, 0.25) is 5.91 Å². The second-order valence-electron chi connectivity index (χ2n) is 8.81. The summed E-state index contributed by atoms with van der Waals surface area (Å²) in [7, 11) is 0. The zero-order chi connectivity index (χ0) is 24.1. The van der Waals surface area contributed by atoms with Crippen LogP contribution in [-0.4, -0.2) is 62.1 Å². The number of hydrogen-bond donors (Lipinski definition) is 2. The van der Waals surface area contributed by atoms with Gasteiger partial charge in [-0.2, -0.15) is 13.2 Å². The summed E-state index contributed by atoms with van der Waals surface area (Å²) in [4.78, 5) is 28.0. The van der Waals surface area contributed by atoms with E-state index in [9.17, 15) is 22.8 Å². The van der Waals surface area contributed by atoms with Crippen LogP contribution in [-0.2, 0) is 20.5 Å². The Hall–Kier alpha value is -2.17. The highest BCUT2D eigenvalue weighted by molar-refractivity contribution is 5.98. The van der Waals surface area contributed by atoms with Crippen LogP contribution in [0.2, 0.25) is 0 Å². The maximum Gasteiger partial charge on any atom is 0.418 e. The molecule has 2 amide bonds. The summed E-state index contributed by atoms with van der Waals surface area (Å²) in [5, 5.41) is 2.59. The lowest BCUT2D eigenvalue weighted by atomic mass is 10.1. The minimum absolute atomic E-state index is 0.000669. The fourth-order valence-corrected chi connectivity index (χ4v) is 3.76. The van der Waals surface area contributed by atoms with Crippen molar-refractivity contribution < 1.29 is 27.5 Å². The van der Waals surface area contributed by atoms with Crippen molar-refractivity contribution in [3.05, 3.63) is 23.8 Å². The number of alkyl halides is 3. The smallest absolute Gasteiger partial charge is 0.370 e. The van der Waals surface area contributed by atoms with E-state index < -0.39 is 29.6 Å². The molecule has 0 aromatic heterocycles. The molecule has 180 valence electrons. The van der Waals surface area contributed by atoms with Crippen LogP contribution in [0.4, 0.5) is 24.5 Å². The molecular weight excluding hydrogens is 425 g/mol. The molecule has 0 spiro atoms. The van der Waals surface area contributed by atoms with Gasteiger partial charge in [0.15, 0.2) is 0 Å². The highest BCUT2D eigenvalue weighted by Gasteiger charge is 2.37. The summed E-state index contributed by atoms with van der Waals surface area (Å²) in [5.74, 6) is -0.424. The third kappa shape index (κ3) is 6.91. The van der Waals surface area contributed by atoms with Gasteiger partial charge < -0.3 is 20.7 Å². The molecule has 2 rings (SSSR count). The zero-order valence-corrected chi connectivity index (χ0v) is 19.0. The maximum atomic E-state index is 13.8. The minimum atomic E-state index is -4.71. The average molecular weight is 459 g/mol. The lowest BCUT2D eigenvalue weighted by Crippen LogP contribution is -2.51. The Morgan fingerprint density at radius 2 is 1.84 bits per heavy atom. The fraction of sp³-hybridized carbons (Fsp3) is 0.636. The van der Waals surface area contributed by atoms with Gasteiger partial charge in [-0.05, 0) is 30.0 Å². The lowest BCUT2D eigenvalue weighted by Gasteiger charge is -2.33. The van der Waals surface area contributed by atoms with Gasteiger partial charge >= 0.3 is 6.18 Å². The van der Waals surface area contributed by atoms with Crippen LogP contribution < -0.4 is 16.0 Å². The molecule has 0 unspecified atom stereocenters. The molecule has 1 aliphatic rings. The molecule has 1 aromatic carbocycles. The number of nitrogens with one attached hydrogen (secondary N) is 1. The van der Waals surface area contributed by atoms with E-state index in [1.807, 2.05) is 32.6 Å². The van der Waals surface area contributed by atoms with Gasteiger partial charge in [0, 0.05) is 31.9 Å². The summed E-state index contributed by atoms with van der Waals surface area (Å²) >= 11 is 0. The summed E-state index contributed by atoms with van der Waals surface area (Å²) in [5.41, 5.74) is 4.64. The van der Waals surface area contributed by atoms with Crippen molar-refractivity contribution in [3.8, 4) is 0 Å². The summed E-state index contributed by atoms with van der Waals surface area (Å²) in [6.07, 6.45) is -4.71. The number of carbonyl (C=O) groups is 2. The summed E-state index contributed by atoms with van der Waals surface area (Å²) in [6.45, 7) is 9.34. The number of benzene rings is 1. The number of nitrogens with zero attached hydrogens (tertiary/aromatic N) is 2. The second-order valence-corrected chi connectivity index (χ2v) is 8.81. The Morgan fingerprint density at radius 3 is 2.34 bits per heavy atom. The highest BCUT2D eigenvalue weighted by atomic mass is 19.4. The Balaban J connectivity index is 2.30. The number of anilines is 2. The van der Waals surface area contributed by atoms with E-state index in [-0.39, 0.29) is 49.5 Å². The standard InChI is InChI=1S/C22H33F3N4O3/c1-14(2)11-28(12-15(3)4)19(10-26)21(31)27-16-5-6-18(17(9-16)22(23,24)25)29-7-8-32-13-20(29)30/h5-6,9,14-15,19H,7-8,10-13,26H2,1-4H3,(H,27,31)/t19-/m1/s1. The first-order valence-corrected chi connectivity index (χ1v) is 10.8. The Morgan fingerprint density at radius 1 is 1.22 bits per heavy atom. The van der Waals surface area contributed by atoms with Crippen molar-refractivity contribution in [2.75, 3.05) is 49.6 Å². The molecule has 0 saturated carbocycles. The van der Waals surface area contributed by atoms with Gasteiger partial charge in [-0.3, -0.25) is 14.5 Å². The molecule has 0 aliphatic carbocycles. The topological polar surface area (TPSA) is 87.9 Å². The second kappa shape index (κ2) is 11.1. The largest absolute Gasteiger partial charge is 0.418 e. The summed E-state index contributed by atoms with van der Waals surface area (Å²) < 4.78 is 46.3. The predicted octanol–water partition coefficient (Wildman–Crippen LogP) is 2.95. The van der Waals surface area contributed by atoms with Crippen molar-refractivity contribution in [2.45, 2.75) is 39.9 Å². The van der Waals surface area contributed by atoms with Gasteiger partial charge in [-0.1, -0.05) is 27.7 Å². The van der Waals surface area contributed by atoms with E-state index in [2.05, 4.69) is 5.32 Å². The number of morpholine rings is 1. The quantitative estimate of drug-likeness (QED) is 0.594. The van der Waals surface area contributed by atoms with Crippen LogP contribution in [0.1, 0.15) is 33.3 Å². The molecule has 0 radical (unpaired) electrons. The lowest BCUT2D eigenvalue weighted by molar-refractivity contribution is -0.137. The zero-order valence-electron chi connectivity index (χ0n) is 19.0. The van der Waals surface area contributed by atoms with Crippen LogP contribution in [0.25, 0.3) is 0 Å². The number of rotatable bonds is 9. The van der Waals surface area contributed by atoms with Crippen molar-refractivity contribution in [1.82, 2.24) is 4.90 Å². The SMILES string of the molecule is CC(C)CN(CC(C)C)[C@H](CN)C(=O)Nc1ccc(N2CCOCC2=O)c(C(F)(F)F)c1. The van der Waals surface area contributed by atoms with Crippen molar-refractivity contribution in [3.63, 3.8) is 0 Å². The van der Waals surface area contributed by atoms with Gasteiger partial charge in [-0.15, -0.1) is 0 Å². The highest BCUT2D eigenvalue weighted by Crippen LogP contribution is 2.38.